The van der Waals surface area contributed by atoms with Crippen LogP contribution >= 0.6 is 0 Å². The molecule has 5 rings (SSSR count). The summed E-state index contributed by atoms with van der Waals surface area (Å²) in [7, 11) is 0. The molecule has 1 N–H and O–H groups in total. The molecule has 0 aromatic heterocycles. The standard InChI is InChI=1S/C18H32N2/c1-3-13(2)17-12-20(5-4-19-17)18-9-14-6-15(10-18)8-16(7-14)11-18/h13-17,19H,3-12H2,1-2H3. The highest BCUT2D eigenvalue weighted by Crippen LogP contribution is 2.57. The molecule has 0 radical (unpaired) electrons. The zero-order valence-electron chi connectivity index (χ0n) is 13.4. The van der Waals surface area contributed by atoms with Crippen LogP contribution in [0.15, 0.2) is 0 Å². The highest BCUT2D eigenvalue weighted by molar-refractivity contribution is 5.08. The minimum Gasteiger partial charge on any atom is -0.311 e. The highest BCUT2D eigenvalue weighted by Gasteiger charge is 2.53. The van der Waals surface area contributed by atoms with Crippen molar-refractivity contribution in [3.63, 3.8) is 0 Å². The van der Waals surface area contributed by atoms with Crippen molar-refractivity contribution in [2.45, 2.75) is 70.4 Å². The van der Waals surface area contributed by atoms with E-state index in [-0.39, 0.29) is 0 Å². The van der Waals surface area contributed by atoms with Gasteiger partial charge in [-0.25, -0.2) is 0 Å². The largest absolute Gasteiger partial charge is 0.311 e. The van der Waals surface area contributed by atoms with Crippen molar-refractivity contribution in [1.82, 2.24) is 10.2 Å². The second-order valence-electron chi connectivity index (χ2n) is 8.53. The molecule has 0 amide bonds. The topological polar surface area (TPSA) is 15.3 Å². The first kappa shape index (κ1) is 13.6. The quantitative estimate of drug-likeness (QED) is 0.851. The van der Waals surface area contributed by atoms with E-state index in [0.29, 0.717) is 5.54 Å². The molecule has 2 unspecified atom stereocenters. The third-order valence-electron chi connectivity index (χ3n) is 7.21. The van der Waals surface area contributed by atoms with E-state index in [1.165, 1.54) is 45.3 Å². The van der Waals surface area contributed by atoms with Crippen LogP contribution in [0.25, 0.3) is 0 Å². The molecule has 0 aromatic rings. The van der Waals surface area contributed by atoms with Crippen LogP contribution < -0.4 is 5.32 Å². The van der Waals surface area contributed by atoms with Crippen molar-refractivity contribution in [3.8, 4) is 0 Å². The van der Waals surface area contributed by atoms with Gasteiger partial charge in [0, 0.05) is 31.2 Å². The summed E-state index contributed by atoms with van der Waals surface area (Å²) in [4.78, 5) is 2.95. The van der Waals surface area contributed by atoms with Gasteiger partial charge in [0.2, 0.25) is 0 Å². The Morgan fingerprint density at radius 1 is 1.10 bits per heavy atom. The first-order valence-corrected chi connectivity index (χ1v) is 9.17. The summed E-state index contributed by atoms with van der Waals surface area (Å²) in [5, 5.41) is 3.79. The van der Waals surface area contributed by atoms with Crippen molar-refractivity contribution < 1.29 is 0 Å². The summed E-state index contributed by atoms with van der Waals surface area (Å²) in [5.74, 6) is 4.07. The van der Waals surface area contributed by atoms with E-state index in [0.717, 1.165) is 29.7 Å². The smallest absolute Gasteiger partial charge is 0.0221 e. The van der Waals surface area contributed by atoms with Gasteiger partial charge < -0.3 is 5.32 Å². The Balaban J connectivity index is 1.52. The minimum absolute atomic E-state index is 0.628. The van der Waals surface area contributed by atoms with Gasteiger partial charge in [-0.3, -0.25) is 4.90 Å². The van der Waals surface area contributed by atoms with Gasteiger partial charge in [0.1, 0.15) is 0 Å². The average Bonchev–Trinajstić information content (AvgIpc) is 2.45. The predicted molar refractivity (Wildman–Crippen MR) is 83.7 cm³/mol. The van der Waals surface area contributed by atoms with Gasteiger partial charge in [-0.1, -0.05) is 20.3 Å². The second-order valence-corrected chi connectivity index (χ2v) is 8.53. The third kappa shape index (κ3) is 2.14. The molecule has 2 nitrogen and oxygen atoms in total. The Morgan fingerprint density at radius 2 is 1.70 bits per heavy atom. The molecule has 114 valence electrons. The van der Waals surface area contributed by atoms with Crippen LogP contribution in [0.5, 0.6) is 0 Å². The van der Waals surface area contributed by atoms with E-state index < -0.39 is 0 Å². The van der Waals surface area contributed by atoms with Gasteiger partial charge >= 0.3 is 0 Å². The summed E-state index contributed by atoms with van der Waals surface area (Å²) in [6.07, 6.45) is 10.6. The Morgan fingerprint density at radius 3 is 2.25 bits per heavy atom. The molecular formula is C18H32N2. The van der Waals surface area contributed by atoms with Crippen molar-refractivity contribution in [2.75, 3.05) is 19.6 Å². The predicted octanol–water partition coefficient (Wildman–Crippen LogP) is 3.28. The van der Waals surface area contributed by atoms with Crippen molar-refractivity contribution >= 4 is 0 Å². The third-order valence-corrected chi connectivity index (χ3v) is 7.21. The lowest BCUT2D eigenvalue weighted by Gasteiger charge is -2.62. The molecule has 4 aliphatic carbocycles. The normalized spacial score (nSPS) is 49.5. The highest BCUT2D eigenvalue weighted by atomic mass is 15.3. The molecule has 5 fully saturated rings. The molecule has 2 atom stereocenters. The summed E-state index contributed by atoms with van der Waals surface area (Å²) in [6.45, 7) is 8.62. The van der Waals surface area contributed by atoms with Crippen molar-refractivity contribution in [3.05, 3.63) is 0 Å². The van der Waals surface area contributed by atoms with Gasteiger partial charge in [-0.05, 0) is 62.2 Å². The Bertz CT molecular complexity index is 329. The molecule has 1 aliphatic heterocycles. The van der Waals surface area contributed by atoms with E-state index >= 15 is 0 Å². The van der Waals surface area contributed by atoms with Crippen LogP contribution in [0.2, 0.25) is 0 Å². The number of nitrogens with one attached hydrogen (secondary N) is 1. The molecule has 4 bridgehead atoms. The zero-order chi connectivity index (χ0) is 13.7. The maximum absolute atomic E-state index is 3.79. The Hall–Kier alpha value is -0.0800. The summed E-state index contributed by atoms with van der Waals surface area (Å²) < 4.78 is 0. The number of hydrogen-bond donors (Lipinski definition) is 1. The fraction of sp³-hybridized carbons (Fsp3) is 1.00. The summed E-state index contributed by atoms with van der Waals surface area (Å²) >= 11 is 0. The summed E-state index contributed by atoms with van der Waals surface area (Å²) in [5.41, 5.74) is 0.628. The number of piperazine rings is 1. The lowest BCUT2D eigenvalue weighted by Crippen LogP contribution is -2.66. The average molecular weight is 276 g/mol. The maximum Gasteiger partial charge on any atom is 0.0221 e. The lowest BCUT2D eigenvalue weighted by atomic mass is 9.52. The van der Waals surface area contributed by atoms with Crippen LogP contribution in [0.1, 0.15) is 58.8 Å². The molecule has 1 saturated heterocycles. The van der Waals surface area contributed by atoms with Crippen LogP contribution in [-0.2, 0) is 0 Å². The molecule has 2 heteroatoms. The number of rotatable bonds is 3. The molecule has 5 aliphatic rings. The molecule has 0 spiro atoms. The van der Waals surface area contributed by atoms with Crippen LogP contribution in [0.3, 0.4) is 0 Å². The fourth-order valence-electron chi connectivity index (χ4n) is 6.33. The van der Waals surface area contributed by atoms with Crippen LogP contribution in [-0.4, -0.2) is 36.1 Å². The second kappa shape index (κ2) is 4.98. The van der Waals surface area contributed by atoms with Gasteiger partial charge in [-0.2, -0.15) is 0 Å². The first-order valence-electron chi connectivity index (χ1n) is 9.17. The van der Waals surface area contributed by atoms with E-state index in [2.05, 4.69) is 24.1 Å². The maximum atomic E-state index is 3.79. The molecule has 4 saturated carbocycles. The minimum atomic E-state index is 0.628. The SMILES string of the molecule is CCC(C)C1CN(C23CC4CC(CC(C4)C2)C3)CCN1. The lowest BCUT2D eigenvalue weighted by molar-refractivity contribution is -0.0986. The molecule has 1 heterocycles. The van der Waals surface area contributed by atoms with Crippen LogP contribution in [0, 0.1) is 23.7 Å². The van der Waals surface area contributed by atoms with Gasteiger partial charge in [-0.15, -0.1) is 0 Å². The fourth-order valence-corrected chi connectivity index (χ4v) is 6.33. The van der Waals surface area contributed by atoms with E-state index in [4.69, 9.17) is 0 Å². The first-order chi connectivity index (χ1) is 9.68. The Labute approximate surface area is 124 Å². The van der Waals surface area contributed by atoms with E-state index in [1.54, 1.807) is 19.3 Å². The summed E-state index contributed by atoms with van der Waals surface area (Å²) in [6, 6.07) is 0.738. The molecular weight excluding hydrogens is 244 g/mol. The van der Waals surface area contributed by atoms with Crippen molar-refractivity contribution in [1.29, 1.82) is 0 Å². The number of hydrogen-bond acceptors (Lipinski definition) is 2. The molecule has 20 heavy (non-hydrogen) atoms. The number of nitrogens with zero attached hydrogens (tertiary/aromatic N) is 1. The Kier molecular flexibility index (Phi) is 3.38. The van der Waals surface area contributed by atoms with E-state index in [9.17, 15) is 0 Å². The van der Waals surface area contributed by atoms with Crippen LogP contribution in [0.4, 0.5) is 0 Å². The zero-order valence-corrected chi connectivity index (χ0v) is 13.4. The van der Waals surface area contributed by atoms with Gasteiger partial charge in [0.25, 0.3) is 0 Å². The van der Waals surface area contributed by atoms with E-state index in [1.807, 2.05) is 0 Å². The monoisotopic (exact) mass is 276 g/mol. The molecule has 0 aromatic carbocycles. The van der Waals surface area contributed by atoms with Gasteiger partial charge in [0.15, 0.2) is 0 Å². The van der Waals surface area contributed by atoms with Gasteiger partial charge in [0.05, 0.1) is 0 Å². The van der Waals surface area contributed by atoms with Crippen molar-refractivity contribution in [2.24, 2.45) is 23.7 Å².